The lowest BCUT2D eigenvalue weighted by Crippen LogP contribution is -3.00. The zero-order chi connectivity index (χ0) is 14.2. The number of halogens is 2. The van der Waals surface area contributed by atoms with Gasteiger partial charge >= 0.3 is 0 Å². The maximum atomic E-state index is 12.8. The van der Waals surface area contributed by atoms with Crippen LogP contribution >= 0.6 is 0 Å². The third-order valence-electron chi connectivity index (χ3n) is 3.09. The lowest BCUT2D eigenvalue weighted by atomic mass is 10.1. The van der Waals surface area contributed by atoms with Crippen LogP contribution < -0.4 is 22.5 Å². The van der Waals surface area contributed by atoms with Crippen molar-refractivity contribution in [1.82, 2.24) is 5.32 Å². The summed E-state index contributed by atoms with van der Waals surface area (Å²) >= 11 is 0. The smallest absolute Gasteiger partial charge is 0.123 e. The number of ether oxygens (including phenoxy) is 1. The van der Waals surface area contributed by atoms with Crippen molar-refractivity contribution in [3.05, 3.63) is 65.5 Å². The number of rotatable bonds is 7. The fraction of sp³-hybridized carbons (Fsp3) is 0.294. The summed E-state index contributed by atoms with van der Waals surface area (Å²) in [6.45, 7) is 4.29. The largest absolute Gasteiger partial charge is 1.00 e. The molecule has 2 aromatic rings. The predicted molar refractivity (Wildman–Crippen MR) is 79.4 cm³/mol. The van der Waals surface area contributed by atoms with Crippen molar-refractivity contribution >= 4 is 0 Å². The van der Waals surface area contributed by atoms with Gasteiger partial charge in [-0.2, -0.15) is 0 Å². The van der Waals surface area contributed by atoms with Crippen molar-refractivity contribution in [3.63, 3.8) is 0 Å². The Hall–Kier alpha value is -1.58. The molecule has 2 rings (SSSR count). The van der Waals surface area contributed by atoms with E-state index in [0.717, 1.165) is 36.4 Å². The average molecular weight is 309 g/mol. The molecular formula is C17H20ClFNO-. The van der Waals surface area contributed by atoms with E-state index in [2.05, 4.69) is 11.4 Å². The molecule has 0 amide bonds. The summed E-state index contributed by atoms with van der Waals surface area (Å²) in [5, 5.41) is 3.39. The Morgan fingerprint density at radius 1 is 1.05 bits per heavy atom. The fourth-order valence-corrected chi connectivity index (χ4v) is 2.05. The molecule has 2 aromatic carbocycles. The number of hydrogen-bond acceptors (Lipinski definition) is 2. The first kappa shape index (κ1) is 17.5. The SMILES string of the molecule is CCOc1ccccc1CNCCc1ccc(F)cc1.[Cl-]. The van der Waals surface area contributed by atoms with Crippen molar-refractivity contribution in [2.45, 2.75) is 19.9 Å². The fourth-order valence-electron chi connectivity index (χ4n) is 2.05. The molecule has 114 valence electrons. The van der Waals surface area contributed by atoms with Crippen LogP contribution in [0.2, 0.25) is 0 Å². The highest BCUT2D eigenvalue weighted by Crippen LogP contribution is 2.17. The maximum Gasteiger partial charge on any atom is 0.123 e. The van der Waals surface area contributed by atoms with Gasteiger partial charge in [-0.05, 0) is 43.7 Å². The van der Waals surface area contributed by atoms with E-state index in [1.165, 1.54) is 12.1 Å². The molecule has 0 saturated heterocycles. The van der Waals surface area contributed by atoms with E-state index in [0.29, 0.717) is 6.61 Å². The quantitative estimate of drug-likeness (QED) is 0.755. The summed E-state index contributed by atoms with van der Waals surface area (Å²) in [5.41, 5.74) is 2.30. The van der Waals surface area contributed by atoms with Crippen molar-refractivity contribution in [2.75, 3.05) is 13.2 Å². The van der Waals surface area contributed by atoms with Gasteiger partial charge in [-0.1, -0.05) is 30.3 Å². The van der Waals surface area contributed by atoms with Gasteiger partial charge in [0.1, 0.15) is 11.6 Å². The molecule has 0 bridgehead atoms. The van der Waals surface area contributed by atoms with Crippen LogP contribution in [0.25, 0.3) is 0 Å². The molecular weight excluding hydrogens is 289 g/mol. The Balaban J connectivity index is 0.00000220. The summed E-state index contributed by atoms with van der Waals surface area (Å²) in [5.74, 6) is 0.747. The van der Waals surface area contributed by atoms with Crippen LogP contribution in [0.1, 0.15) is 18.1 Å². The van der Waals surface area contributed by atoms with Gasteiger partial charge < -0.3 is 22.5 Å². The summed E-state index contributed by atoms with van der Waals surface area (Å²) in [6, 6.07) is 14.7. The van der Waals surface area contributed by atoms with Gasteiger partial charge in [-0.3, -0.25) is 0 Å². The highest BCUT2D eigenvalue weighted by Gasteiger charge is 2.01. The lowest BCUT2D eigenvalue weighted by Gasteiger charge is -2.10. The minimum atomic E-state index is -0.188. The molecule has 0 saturated carbocycles. The molecule has 0 spiro atoms. The van der Waals surface area contributed by atoms with Gasteiger partial charge in [0, 0.05) is 12.1 Å². The van der Waals surface area contributed by atoms with Crippen molar-refractivity contribution in [3.8, 4) is 5.75 Å². The van der Waals surface area contributed by atoms with E-state index in [-0.39, 0.29) is 18.2 Å². The summed E-state index contributed by atoms with van der Waals surface area (Å²) in [7, 11) is 0. The van der Waals surface area contributed by atoms with Gasteiger partial charge in [-0.15, -0.1) is 0 Å². The Morgan fingerprint density at radius 3 is 2.48 bits per heavy atom. The van der Waals surface area contributed by atoms with Gasteiger partial charge in [0.05, 0.1) is 6.61 Å². The molecule has 0 aliphatic rings. The molecule has 0 heterocycles. The molecule has 2 nitrogen and oxygen atoms in total. The molecule has 0 aliphatic heterocycles. The van der Waals surface area contributed by atoms with E-state index in [9.17, 15) is 4.39 Å². The van der Waals surface area contributed by atoms with Crippen LogP contribution in [-0.4, -0.2) is 13.2 Å². The first-order valence-electron chi connectivity index (χ1n) is 6.95. The van der Waals surface area contributed by atoms with Crippen LogP contribution in [0.4, 0.5) is 4.39 Å². The number of para-hydroxylation sites is 1. The Labute approximate surface area is 131 Å². The molecule has 21 heavy (non-hydrogen) atoms. The molecule has 4 heteroatoms. The third-order valence-corrected chi connectivity index (χ3v) is 3.09. The second-order valence-electron chi connectivity index (χ2n) is 4.59. The number of nitrogens with one attached hydrogen (secondary N) is 1. The predicted octanol–water partition coefficient (Wildman–Crippen LogP) is 0.561. The normalized spacial score (nSPS) is 10.0. The third kappa shape index (κ3) is 5.74. The highest BCUT2D eigenvalue weighted by molar-refractivity contribution is 5.33. The molecule has 0 aromatic heterocycles. The first-order valence-corrected chi connectivity index (χ1v) is 6.95. The minimum absolute atomic E-state index is 0. The molecule has 0 aliphatic carbocycles. The highest BCUT2D eigenvalue weighted by atomic mass is 35.5. The van der Waals surface area contributed by atoms with E-state index in [1.54, 1.807) is 0 Å². The van der Waals surface area contributed by atoms with Crippen molar-refractivity contribution < 1.29 is 21.5 Å². The van der Waals surface area contributed by atoms with Crippen LogP contribution in [0, 0.1) is 5.82 Å². The van der Waals surface area contributed by atoms with Crippen molar-refractivity contribution in [1.29, 1.82) is 0 Å². The van der Waals surface area contributed by atoms with Crippen molar-refractivity contribution in [2.24, 2.45) is 0 Å². The molecule has 0 unspecified atom stereocenters. The Morgan fingerprint density at radius 2 is 1.76 bits per heavy atom. The Kier molecular flexibility index (Phi) is 7.80. The van der Waals surface area contributed by atoms with Crippen LogP contribution in [0.3, 0.4) is 0 Å². The van der Waals surface area contributed by atoms with Gasteiger partial charge in [0.2, 0.25) is 0 Å². The number of hydrogen-bond donors (Lipinski definition) is 1. The molecule has 0 fully saturated rings. The topological polar surface area (TPSA) is 21.3 Å². The zero-order valence-electron chi connectivity index (χ0n) is 12.1. The molecule has 1 N–H and O–H groups in total. The monoisotopic (exact) mass is 308 g/mol. The lowest BCUT2D eigenvalue weighted by molar-refractivity contribution is -0.00000527. The van der Waals surface area contributed by atoms with E-state index >= 15 is 0 Å². The minimum Gasteiger partial charge on any atom is -1.00 e. The molecule has 0 radical (unpaired) electrons. The maximum absolute atomic E-state index is 12.8. The summed E-state index contributed by atoms with van der Waals surface area (Å²) in [6.07, 6.45) is 0.886. The first-order chi connectivity index (χ1) is 9.79. The van der Waals surface area contributed by atoms with Gasteiger partial charge in [0.15, 0.2) is 0 Å². The van der Waals surface area contributed by atoms with Crippen LogP contribution in [0.5, 0.6) is 5.75 Å². The number of benzene rings is 2. The van der Waals surface area contributed by atoms with Crippen LogP contribution in [0.15, 0.2) is 48.5 Å². The summed E-state index contributed by atoms with van der Waals surface area (Å²) in [4.78, 5) is 0. The van der Waals surface area contributed by atoms with Crippen LogP contribution in [-0.2, 0) is 13.0 Å². The Bertz CT molecular complexity index is 531. The van der Waals surface area contributed by atoms with E-state index in [4.69, 9.17) is 4.74 Å². The van der Waals surface area contributed by atoms with Gasteiger partial charge in [0.25, 0.3) is 0 Å². The second kappa shape index (κ2) is 9.37. The second-order valence-corrected chi connectivity index (χ2v) is 4.59. The standard InChI is InChI=1S/C17H20FNO.ClH/c1-2-20-17-6-4-3-5-15(17)13-19-12-11-14-7-9-16(18)10-8-14;/h3-10,19H,2,11-13H2,1H3;1H/p-1. The molecule has 0 atom stereocenters. The van der Waals surface area contributed by atoms with E-state index in [1.807, 2.05) is 37.3 Å². The average Bonchev–Trinajstić information content (AvgIpc) is 2.47. The van der Waals surface area contributed by atoms with Gasteiger partial charge in [-0.25, -0.2) is 4.39 Å². The van der Waals surface area contributed by atoms with E-state index < -0.39 is 0 Å². The summed E-state index contributed by atoms with van der Waals surface area (Å²) < 4.78 is 18.4. The zero-order valence-corrected chi connectivity index (χ0v) is 12.9.